The van der Waals surface area contributed by atoms with Gasteiger partial charge >= 0.3 is 0 Å². The molecule has 0 unspecified atom stereocenters. The minimum atomic E-state index is 0.212. The van der Waals surface area contributed by atoms with Crippen LogP contribution in [-0.2, 0) is 24.2 Å². The van der Waals surface area contributed by atoms with E-state index in [-0.39, 0.29) is 5.91 Å². The van der Waals surface area contributed by atoms with E-state index in [2.05, 4.69) is 28.8 Å². The van der Waals surface area contributed by atoms with Gasteiger partial charge in [0.25, 0.3) is 0 Å². The van der Waals surface area contributed by atoms with Crippen molar-refractivity contribution in [3.05, 3.63) is 34.9 Å². The number of hydrogen-bond donors (Lipinski definition) is 2. The second-order valence-corrected chi connectivity index (χ2v) is 5.32. The number of carbonyl (C=O) groups is 1. The Morgan fingerprint density at radius 2 is 2.28 bits per heavy atom. The lowest BCUT2D eigenvalue weighted by atomic mass is 9.93. The number of benzene rings is 1. The van der Waals surface area contributed by atoms with Gasteiger partial charge in [0, 0.05) is 19.0 Å². The lowest BCUT2D eigenvalue weighted by molar-refractivity contribution is -0.121. The Balaban J connectivity index is 1.63. The molecule has 1 heterocycles. The third kappa shape index (κ3) is 2.72. The first-order valence-corrected chi connectivity index (χ1v) is 6.92. The highest BCUT2D eigenvalue weighted by atomic mass is 16.1. The molecule has 1 saturated carbocycles. The number of carbonyl (C=O) groups excluding carboxylic acids is 1. The zero-order valence-corrected chi connectivity index (χ0v) is 10.7. The Morgan fingerprint density at radius 1 is 1.39 bits per heavy atom. The van der Waals surface area contributed by atoms with Crippen LogP contribution in [0.3, 0.4) is 0 Å². The van der Waals surface area contributed by atoms with E-state index in [9.17, 15) is 4.79 Å². The molecular formula is C15H20N2O. The second-order valence-electron chi connectivity index (χ2n) is 5.32. The number of amides is 1. The van der Waals surface area contributed by atoms with Crippen LogP contribution >= 0.6 is 0 Å². The van der Waals surface area contributed by atoms with E-state index in [1.165, 1.54) is 16.7 Å². The quantitative estimate of drug-likeness (QED) is 0.843. The summed E-state index contributed by atoms with van der Waals surface area (Å²) in [5.41, 5.74) is 4.23. The van der Waals surface area contributed by atoms with Gasteiger partial charge in [0.1, 0.15) is 0 Å². The largest absolute Gasteiger partial charge is 0.353 e. The summed E-state index contributed by atoms with van der Waals surface area (Å²) in [6.45, 7) is 2.02. The fourth-order valence-corrected chi connectivity index (χ4v) is 2.62. The van der Waals surface area contributed by atoms with Gasteiger partial charge in [-0.05, 0) is 48.9 Å². The maximum Gasteiger partial charge on any atom is 0.220 e. The minimum Gasteiger partial charge on any atom is -0.353 e. The number of hydrogen-bond acceptors (Lipinski definition) is 2. The van der Waals surface area contributed by atoms with E-state index in [0.717, 1.165) is 38.8 Å². The molecule has 0 atom stereocenters. The fourth-order valence-electron chi connectivity index (χ4n) is 2.62. The molecule has 0 radical (unpaired) electrons. The van der Waals surface area contributed by atoms with Crippen LogP contribution in [0.2, 0.25) is 0 Å². The molecule has 2 N–H and O–H groups in total. The Hall–Kier alpha value is -1.35. The summed E-state index contributed by atoms with van der Waals surface area (Å²) >= 11 is 0. The smallest absolute Gasteiger partial charge is 0.220 e. The van der Waals surface area contributed by atoms with Crippen LogP contribution in [0.25, 0.3) is 0 Å². The molecule has 96 valence electrons. The zero-order valence-electron chi connectivity index (χ0n) is 10.7. The molecule has 1 aliphatic carbocycles. The molecule has 2 aliphatic rings. The monoisotopic (exact) mass is 244 g/mol. The van der Waals surface area contributed by atoms with E-state index in [1.807, 2.05) is 0 Å². The summed E-state index contributed by atoms with van der Waals surface area (Å²) in [6, 6.07) is 6.95. The van der Waals surface area contributed by atoms with E-state index in [0.29, 0.717) is 12.5 Å². The van der Waals surface area contributed by atoms with Crippen molar-refractivity contribution in [2.45, 2.75) is 44.7 Å². The number of aryl methyl sites for hydroxylation is 1. The predicted octanol–water partition coefficient (Wildman–Crippen LogP) is 1.54. The highest BCUT2D eigenvalue weighted by molar-refractivity contribution is 5.76. The summed E-state index contributed by atoms with van der Waals surface area (Å²) in [4.78, 5) is 11.7. The molecule has 1 aliphatic heterocycles. The molecular weight excluding hydrogens is 224 g/mol. The summed E-state index contributed by atoms with van der Waals surface area (Å²) in [5.74, 6) is 0.212. The van der Waals surface area contributed by atoms with Gasteiger partial charge in [-0.2, -0.15) is 0 Å². The Labute approximate surface area is 108 Å². The summed E-state index contributed by atoms with van der Waals surface area (Å²) < 4.78 is 0. The van der Waals surface area contributed by atoms with Crippen molar-refractivity contribution in [1.82, 2.24) is 10.6 Å². The van der Waals surface area contributed by atoms with Crippen molar-refractivity contribution < 1.29 is 4.79 Å². The van der Waals surface area contributed by atoms with Gasteiger partial charge in [-0.15, -0.1) is 0 Å². The fraction of sp³-hybridized carbons (Fsp3) is 0.533. The van der Waals surface area contributed by atoms with Crippen molar-refractivity contribution in [2.24, 2.45) is 0 Å². The maximum absolute atomic E-state index is 11.7. The van der Waals surface area contributed by atoms with Gasteiger partial charge in [-0.1, -0.05) is 18.2 Å². The molecule has 3 rings (SSSR count). The summed E-state index contributed by atoms with van der Waals surface area (Å²) in [7, 11) is 0. The maximum atomic E-state index is 11.7. The van der Waals surface area contributed by atoms with Gasteiger partial charge in [-0.25, -0.2) is 0 Å². The average molecular weight is 244 g/mol. The number of nitrogens with one attached hydrogen (secondary N) is 2. The first kappa shape index (κ1) is 11.7. The molecule has 3 nitrogen and oxygen atoms in total. The summed E-state index contributed by atoms with van der Waals surface area (Å²) in [5, 5.41) is 6.44. The second kappa shape index (κ2) is 5.11. The van der Waals surface area contributed by atoms with Crippen LogP contribution in [0.4, 0.5) is 0 Å². The lowest BCUT2D eigenvalue weighted by Crippen LogP contribution is -2.27. The predicted molar refractivity (Wildman–Crippen MR) is 71.3 cm³/mol. The average Bonchev–Trinajstić information content (AvgIpc) is 3.20. The minimum absolute atomic E-state index is 0.212. The molecule has 1 fully saturated rings. The van der Waals surface area contributed by atoms with Crippen molar-refractivity contribution in [1.29, 1.82) is 0 Å². The molecule has 1 amide bonds. The van der Waals surface area contributed by atoms with Crippen molar-refractivity contribution >= 4 is 5.91 Å². The molecule has 0 bridgehead atoms. The topological polar surface area (TPSA) is 41.1 Å². The molecule has 0 spiro atoms. The van der Waals surface area contributed by atoms with Crippen LogP contribution in [0.15, 0.2) is 18.2 Å². The number of rotatable bonds is 4. The van der Waals surface area contributed by atoms with E-state index in [4.69, 9.17) is 0 Å². The van der Waals surface area contributed by atoms with Gasteiger partial charge in [-0.3, -0.25) is 4.79 Å². The van der Waals surface area contributed by atoms with Gasteiger partial charge in [0.15, 0.2) is 0 Å². The first-order chi connectivity index (χ1) is 8.83. The molecule has 0 aromatic heterocycles. The van der Waals surface area contributed by atoms with E-state index < -0.39 is 0 Å². The van der Waals surface area contributed by atoms with Crippen LogP contribution in [0.5, 0.6) is 0 Å². The van der Waals surface area contributed by atoms with Crippen LogP contribution in [0.1, 0.15) is 36.0 Å². The third-order valence-electron chi connectivity index (χ3n) is 3.80. The van der Waals surface area contributed by atoms with E-state index in [1.54, 1.807) is 0 Å². The third-order valence-corrected chi connectivity index (χ3v) is 3.80. The highest BCUT2D eigenvalue weighted by Gasteiger charge is 2.23. The van der Waals surface area contributed by atoms with Crippen LogP contribution < -0.4 is 10.6 Å². The van der Waals surface area contributed by atoms with Crippen molar-refractivity contribution in [3.63, 3.8) is 0 Å². The van der Waals surface area contributed by atoms with E-state index >= 15 is 0 Å². The van der Waals surface area contributed by atoms with Gasteiger partial charge in [0.05, 0.1) is 0 Å². The van der Waals surface area contributed by atoms with Gasteiger partial charge in [0.2, 0.25) is 5.91 Å². The zero-order chi connectivity index (χ0) is 12.4. The first-order valence-electron chi connectivity index (χ1n) is 6.92. The van der Waals surface area contributed by atoms with Crippen LogP contribution in [-0.4, -0.2) is 18.5 Å². The van der Waals surface area contributed by atoms with Crippen molar-refractivity contribution in [2.75, 3.05) is 6.54 Å². The SMILES string of the molecule is O=C(CCc1cccc2c1CCNC2)NC1CC1. The highest BCUT2D eigenvalue weighted by Crippen LogP contribution is 2.21. The number of fused-ring (bicyclic) bond motifs is 1. The molecule has 18 heavy (non-hydrogen) atoms. The van der Waals surface area contributed by atoms with Crippen LogP contribution in [0, 0.1) is 0 Å². The summed E-state index contributed by atoms with van der Waals surface area (Å²) in [6.07, 6.45) is 4.92. The standard InChI is InChI=1S/C15H20N2O/c18-15(17-13-5-6-13)7-4-11-2-1-3-12-10-16-9-8-14(11)12/h1-3,13,16H,4-10H2,(H,17,18). The Bertz CT molecular complexity index is 452. The molecule has 1 aromatic rings. The molecule has 1 aromatic carbocycles. The lowest BCUT2D eigenvalue weighted by Gasteiger charge is -2.20. The van der Waals surface area contributed by atoms with Gasteiger partial charge < -0.3 is 10.6 Å². The molecule has 3 heteroatoms. The Morgan fingerprint density at radius 3 is 3.11 bits per heavy atom. The van der Waals surface area contributed by atoms with Crippen molar-refractivity contribution in [3.8, 4) is 0 Å². The normalized spacial score (nSPS) is 18.2. The Kier molecular flexibility index (Phi) is 3.33. The molecule has 0 saturated heterocycles.